The van der Waals surface area contributed by atoms with E-state index < -0.39 is 34.2 Å². The smallest absolute Gasteiger partial charge is 0.355 e. The lowest BCUT2D eigenvalue weighted by molar-refractivity contribution is -0.129. The highest BCUT2D eigenvalue weighted by atomic mass is 32.2. The van der Waals surface area contributed by atoms with E-state index >= 15 is 0 Å². The summed E-state index contributed by atoms with van der Waals surface area (Å²) in [6.07, 6.45) is 0. The Morgan fingerprint density at radius 1 is 1.38 bits per heavy atom. The number of alkyl halides is 1. The molecular weight excluding hydrogens is 233 g/mol. The third-order valence-electron chi connectivity index (χ3n) is 1.88. The average molecular weight is 251 g/mol. The van der Waals surface area contributed by atoms with Gasteiger partial charge in [-0.3, -0.25) is 4.39 Å². The molecule has 0 amide bonds. The summed E-state index contributed by atoms with van der Waals surface area (Å²) in [5.74, 6) is -1.33. The van der Waals surface area contributed by atoms with Gasteiger partial charge in [0.2, 0.25) is 0 Å². The highest BCUT2D eigenvalue weighted by Gasteiger charge is 2.36. The van der Waals surface area contributed by atoms with Crippen LogP contribution in [0.4, 0.5) is 4.39 Å². The number of nitrogens with zero attached hydrogens (tertiary/aromatic N) is 1. The van der Waals surface area contributed by atoms with Crippen molar-refractivity contribution in [1.82, 2.24) is 0 Å². The lowest BCUT2D eigenvalue weighted by Gasteiger charge is -2.23. The fourth-order valence-corrected chi connectivity index (χ4v) is 1.50. The topological polar surface area (TPSA) is 72.7 Å². The fourth-order valence-electron chi connectivity index (χ4n) is 0.735. The molecule has 0 saturated heterocycles. The van der Waals surface area contributed by atoms with Crippen LogP contribution in [0.5, 0.6) is 0 Å². The van der Waals surface area contributed by atoms with E-state index in [0.717, 1.165) is 0 Å². The van der Waals surface area contributed by atoms with Gasteiger partial charge in [-0.05, 0) is 20.8 Å². The molecule has 0 spiro atoms. The fraction of sp³-hybridized carbons (Fsp3) is 0.800. The second-order valence-electron chi connectivity index (χ2n) is 5.12. The molecule has 0 heterocycles. The monoisotopic (exact) mass is 251 g/mol. The Morgan fingerprint density at radius 2 is 1.81 bits per heavy atom. The number of carbonyl (C=O) groups is 1. The number of halogens is 1. The van der Waals surface area contributed by atoms with Crippen molar-refractivity contribution in [2.24, 2.45) is 9.81 Å². The Labute approximate surface area is 98.3 Å². The highest BCUT2D eigenvalue weighted by molar-refractivity contribution is 7.91. The quantitative estimate of drug-likeness (QED) is 0.613. The zero-order valence-electron chi connectivity index (χ0n) is 10.2. The molecule has 16 heavy (non-hydrogen) atoms. The van der Waals surface area contributed by atoms with Crippen LogP contribution in [-0.2, 0) is 16.2 Å². The summed E-state index contributed by atoms with van der Waals surface area (Å²) in [6.45, 7) is 7.00. The summed E-state index contributed by atoms with van der Waals surface area (Å²) >= 11 is -1.70. The highest BCUT2D eigenvalue weighted by Crippen LogP contribution is 2.23. The van der Waals surface area contributed by atoms with Gasteiger partial charge in [-0.1, -0.05) is 18.2 Å². The van der Waals surface area contributed by atoms with E-state index in [1.807, 2.05) is 0 Å². The van der Waals surface area contributed by atoms with Crippen LogP contribution in [0.2, 0.25) is 0 Å². The van der Waals surface area contributed by atoms with Gasteiger partial charge in [-0.25, -0.2) is 4.79 Å². The van der Waals surface area contributed by atoms with E-state index in [-0.39, 0.29) is 5.71 Å². The van der Waals surface area contributed by atoms with Crippen molar-refractivity contribution in [1.29, 1.82) is 0 Å². The molecule has 1 N–H and O–H groups in total. The number of aliphatic carboxylic acids is 1. The van der Waals surface area contributed by atoms with Crippen LogP contribution >= 0.6 is 0 Å². The predicted octanol–water partition coefficient (Wildman–Crippen LogP) is 1.97. The van der Waals surface area contributed by atoms with E-state index in [2.05, 4.69) is 4.40 Å². The van der Waals surface area contributed by atoms with Gasteiger partial charge in [0, 0.05) is 5.41 Å². The molecule has 6 heteroatoms. The van der Waals surface area contributed by atoms with Crippen LogP contribution in [0.3, 0.4) is 0 Å². The molecule has 0 aromatic rings. The van der Waals surface area contributed by atoms with Crippen molar-refractivity contribution in [2.75, 3.05) is 6.67 Å². The van der Waals surface area contributed by atoms with Crippen molar-refractivity contribution in [3.8, 4) is 0 Å². The van der Waals surface area contributed by atoms with E-state index in [0.29, 0.717) is 0 Å². The van der Waals surface area contributed by atoms with Crippen molar-refractivity contribution >= 4 is 23.0 Å². The summed E-state index contributed by atoms with van der Waals surface area (Å²) in [5, 5.41) is 8.92. The Balaban J connectivity index is 5.24. The normalized spacial score (nSPS) is 16.1. The SMILES string of the molecule is CC(C)(CF)C(=N[S+]([O-])C(C)(C)C)C(=O)O. The van der Waals surface area contributed by atoms with Crippen LogP contribution in [0, 0.1) is 5.41 Å². The van der Waals surface area contributed by atoms with Gasteiger partial charge < -0.3 is 9.66 Å². The van der Waals surface area contributed by atoms with E-state index in [4.69, 9.17) is 5.11 Å². The first kappa shape index (κ1) is 15.4. The second kappa shape index (κ2) is 5.14. The van der Waals surface area contributed by atoms with Crippen LogP contribution in [0.15, 0.2) is 4.40 Å². The number of carboxylic acids is 1. The molecule has 0 aliphatic carbocycles. The lowest BCUT2D eigenvalue weighted by atomic mass is 9.89. The maximum Gasteiger partial charge on any atom is 0.355 e. The number of hydrogen-bond acceptors (Lipinski definition) is 3. The minimum absolute atomic E-state index is 0.386. The Hall–Kier alpha value is -0.620. The molecule has 1 atom stereocenters. The van der Waals surface area contributed by atoms with E-state index in [1.165, 1.54) is 13.8 Å². The predicted molar refractivity (Wildman–Crippen MR) is 62.7 cm³/mol. The first-order valence-corrected chi connectivity index (χ1v) is 5.93. The Morgan fingerprint density at radius 3 is 2.06 bits per heavy atom. The first-order valence-electron chi connectivity index (χ1n) is 4.83. The molecular formula is C10H18FNO3S. The molecule has 0 radical (unpaired) electrons. The van der Waals surface area contributed by atoms with Crippen LogP contribution < -0.4 is 0 Å². The minimum atomic E-state index is -1.70. The zero-order valence-corrected chi connectivity index (χ0v) is 11.0. The van der Waals surface area contributed by atoms with Gasteiger partial charge in [0.25, 0.3) is 0 Å². The summed E-state index contributed by atoms with van der Waals surface area (Å²) in [4.78, 5) is 10.9. The van der Waals surface area contributed by atoms with Crippen molar-refractivity contribution in [3.05, 3.63) is 0 Å². The Bertz CT molecular complexity index is 297. The molecule has 1 unspecified atom stereocenters. The molecule has 0 aliphatic rings. The molecule has 0 bridgehead atoms. The number of rotatable bonds is 4. The first-order chi connectivity index (χ1) is 7.02. The molecule has 4 nitrogen and oxygen atoms in total. The molecule has 0 saturated carbocycles. The van der Waals surface area contributed by atoms with Gasteiger partial charge in [-0.2, -0.15) is 0 Å². The van der Waals surface area contributed by atoms with Gasteiger partial charge in [0.05, 0.1) is 0 Å². The number of carboxylic acid groups (broad SMARTS) is 1. The zero-order chi connectivity index (χ0) is 13.1. The van der Waals surface area contributed by atoms with Crippen LogP contribution in [-0.4, -0.2) is 32.8 Å². The van der Waals surface area contributed by atoms with Gasteiger partial charge in [0.1, 0.15) is 22.8 Å². The summed E-state index contributed by atoms with van der Waals surface area (Å²) in [5.41, 5.74) is -1.62. The van der Waals surface area contributed by atoms with Crippen molar-refractivity contribution < 1.29 is 18.8 Å². The van der Waals surface area contributed by atoms with Crippen molar-refractivity contribution in [3.63, 3.8) is 0 Å². The van der Waals surface area contributed by atoms with Crippen LogP contribution in [0.25, 0.3) is 0 Å². The molecule has 0 aromatic carbocycles. The molecule has 0 rings (SSSR count). The van der Waals surface area contributed by atoms with E-state index in [1.54, 1.807) is 20.8 Å². The second-order valence-corrected chi connectivity index (χ2v) is 7.03. The van der Waals surface area contributed by atoms with Gasteiger partial charge >= 0.3 is 5.97 Å². The third kappa shape index (κ3) is 4.09. The average Bonchev–Trinajstić information content (AvgIpc) is 2.11. The van der Waals surface area contributed by atoms with E-state index in [9.17, 15) is 13.7 Å². The van der Waals surface area contributed by atoms with Crippen LogP contribution in [0.1, 0.15) is 34.6 Å². The third-order valence-corrected chi connectivity index (χ3v) is 3.27. The lowest BCUT2D eigenvalue weighted by Crippen LogP contribution is -2.36. The standard InChI is InChI=1S/C10H18FNO3S/c1-9(2,3)16(15)12-7(8(13)14)10(4,5)6-11/h6H2,1-5H3,(H,13,14). The minimum Gasteiger partial charge on any atom is -0.591 e. The molecule has 0 fully saturated rings. The summed E-state index contributed by atoms with van der Waals surface area (Å²) in [7, 11) is 0. The largest absolute Gasteiger partial charge is 0.591 e. The van der Waals surface area contributed by atoms with Gasteiger partial charge in [-0.15, -0.1) is 0 Å². The number of hydrogen-bond donors (Lipinski definition) is 1. The molecule has 0 aliphatic heterocycles. The maximum atomic E-state index is 12.7. The molecule has 94 valence electrons. The van der Waals surface area contributed by atoms with Crippen molar-refractivity contribution in [2.45, 2.75) is 39.4 Å². The summed E-state index contributed by atoms with van der Waals surface area (Å²) < 4.78 is 27.3. The summed E-state index contributed by atoms with van der Waals surface area (Å²) in [6, 6.07) is 0. The Kier molecular flexibility index (Phi) is 4.94. The molecule has 0 aromatic heterocycles. The van der Waals surface area contributed by atoms with Gasteiger partial charge in [0.15, 0.2) is 5.71 Å². The maximum absolute atomic E-state index is 12.7.